The Morgan fingerprint density at radius 3 is 2.44 bits per heavy atom. The molecule has 2 atom stereocenters. The first-order valence-electron chi connectivity index (χ1n) is 9.41. The smallest absolute Gasteiger partial charge is 0.223 e. The van der Waals surface area contributed by atoms with Crippen LogP contribution in [-0.2, 0) is 10.2 Å². The molecule has 2 aromatic carbocycles. The quantitative estimate of drug-likeness (QED) is 0.502. The molecular weight excluding hydrogens is 405 g/mol. The van der Waals surface area contributed by atoms with Gasteiger partial charge in [0.25, 0.3) is 0 Å². The van der Waals surface area contributed by atoms with Gasteiger partial charge in [0.2, 0.25) is 5.91 Å². The van der Waals surface area contributed by atoms with Crippen molar-refractivity contribution in [1.82, 2.24) is 4.90 Å². The number of rotatable bonds is 6. The van der Waals surface area contributed by atoms with E-state index in [1.807, 2.05) is 35.2 Å². The molecule has 0 spiro atoms. The summed E-state index contributed by atoms with van der Waals surface area (Å²) in [5.74, 6) is -0.0975. The summed E-state index contributed by atoms with van der Waals surface area (Å²) in [6, 6.07) is 14.9. The van der Waals surface area contributed by atoms with Crippen molar-refractivity contribution in [3.8, 4) is 0 Å². The number of amides is 1. The van der Waals surface area contributed by atoms with E-state index in [0.717, 1.165) is 28.4 Å². The first kappa shape index (κ1) is 19.8. The average molecular weight is 430 g/mol. The van der Waals surface area contributed by atoms with Gasteiger partial charge in [-0.1, -0.05) is 53.2 Å². The molecule has 1 aliphatic rings. The molecule has 1 aliphatic heterocycles. The van der Waals surface area contributed by atoms with Crippen LogP contribution in [0, 0.1) is 5.82 Å². The summed E-state index contributed by atoms with van der Waals surface area (Å²) in [6.45, 7) is 6.70. The molecule has 142 valence electrons. The molecule has 0 N–H and O–H groups in total. The van der Waals surface area contributed by atoms with Crippen molar-refractivity contribution in [2.24, 2.45) is 0 Å². The zero-order valence-corrected chi connectivity index (χ0v) is 17.2. The Kier molecular flexibility index (Phi) is 6.15. The van der Waals surface area contributed by atoms with E-state index in [1.54, 1.807) is 0 Å². The number of piperidine rings is 1. The summed E-state index contributed by atoms with van der Waals surface area (Å²) in [7, 11) is 0. The molecule has 0 bridgehead atoms. The molecule has 2 aromatic rings. The molecular formula is C23H25BrFNO. The van der Waals surface area contributed by atoms with E-state index in [4.69, 9.17) is 0 Å². The number of carbonyl (C=O) groups excluding carboxylic acids is 1. The molecule has 0 saturated carbocycles. The number of nitrogens with zero attached hydrogens (tertiary/aromatic N) is 1. The molecule has 4 heteroatoms. The van der Waals surface area contributed by atoms with Crippen LogP contribution < -0.4 is 0 Å². The molecule has 1 amide bonds. The number of likely N-dealkylation sites (tertiary alicyclic amines) is 1. The molecule has 0 radical (unpaired) electrons. The van der Waals surface area contributed by atoms with Crippen molar-refractivity contribution in [2.75, 3.05) is 6.54 Å². The molecule has 1 fully saturated rings. The van der Waals surface area contributed by atoms with Gasteiger partial charge in [-0.2, -0.15) is 0 Å². The number of hydrogen-bond acceptors (Lipinski definition) is 1. The number of allylic oxidation sites excluding steroid dienone is 1. The van der Waals surface area contributed by atoms with Crippen LogP contribution >= 0.6 is 15.9 Å². The lowest BCUT2D eigenvalue weighted by Gasteiger charge is -2.44. The lowest BCUT2D eigenvalue weighted by molar-refractivity contribution is -0.138. The molecule has 27 heavy (non-hydrogen) atoms. The highest BCUT2D eigenvalue weighted by molar-refractivity contribution is 9.10. The minimum absolute atomic E-state index is 0.0838. The predicted molar refractivity (Wildman–Crippen MR) is 111 cm³/mol. The van der Waals surface area contributed by atoms with Crippen LogP contribution in [0.3, 0.4) is 0 Å². The minimum Gasteiger partial charge on any atom is -0.336 e. The zero-order chi connectivity index (χ0) is 19.4. The lowest BCUT2D eigenvalue weighted by atomic mass is 9.70. The van der Waals surface area contributed by atoms with Gasteiger partial charge in [0.15, 0.2) is 0 Å². The Hall–Kier alpha value is -1.94. The predicted octanol–water partition coefficient (Wildman–Crippen LogP) is 6.18. The van der Waals surface area contributed by atoms with Crippen LogP contribution in [0.25, 0.3) is 0 Å². The Bertz CT molecular complexity index is 802. The van der Waals surface area contributed by atoms with Gasteiger partial charge in [-0.3, -0.25) is 4.79 Å². The molecule has 3 rings (SSSR count). The third-order valence-corrected chi connectivity index (χ3v) is 6.18. The van der Waals surface area contributed by atoms with Crippen molar-refractivity contribution in [3.05, 3.63) is 82.6 Å². The second-order valence-electron chi connectivity index (χ2n) is 7.27. The van der Waals surface area contributed by atoms with Crippen molar-refractivity contribution in [1.29, 1.82) is 0 Å². The maximum atomic E-state index is 13.4. The van der Waals surface area contributed by atoms with Gasteiger partial charge in [0.1, 0.15) is 5.82 Å². The van der Waals surface area contributed by atoms with E-state index < -0.39 is 0 Å². The molecule has 0 unspecified atom stereocenters. The van der Waals surface area contributed by atoms with Crippen LogP contribution in [0.4, 0.5) is 4.39 Å². The zero-order valence-electron chi connectivity index (χ0n) is 15.6. The summed E-state index contributed by atoms with van der Waals surface area (Å²) < 4.78 is 14.4. The Labute approximate surface area is 169 Å². The number of halogens is 2. The van der Waals surface area contributed by atoms with Gasteiger partial charge in [0, 0.05) is 22.9 Å². The van der Waals surface area contributed by atoms with Gasteiger partial charge in [-0.25, -0.2) is 4.39 Å². The first-order chi connectivity index (χ1) is 13.0. The summed E-state index contributed by atoms with van der Waals surface area (Å²) in [5.41, 5.74) is 1.89. The Morgan fingerprint density at radius 2 is 1.89 bits per heavy atom. The van der Waals surface area contributed by atoms with Gasteiger partial charge in [-0.05, 0) is 54.7 Å². The molecule has 1 heterocycles. The highest BCUT2D eigenvalue weighted by atomic mass is 79.9. The summed E-state index contributed by atoms with van der Waals surface area (Å²) >= 11 is 3.47. The van der Waals surface area contributed by atoms with E-state index >= 15 is 0 Å². The standard InChI is InChI=1S/C23H25BrFNO/c1-3-13-23(18-7-11-20(25)12-8-18)14-15-26(22(27)16-23)21(4-2)17-5-9-19(24)10-6-17/h3,5-12,21H,1,4,13-16H2,2H3/t21-,23+/m1/s1. The highest BCUT2D eigenvalue weighted by Crippen LogP contribution is 2.42. The monoisotopic (exact) mass is 429 g/mol. The maximum Gasteiger partial charge on any atom is 0.223 e. The van der Waals surface area contributed by atoms with E-state index in [0.29, 0.717) is 19.4 Å². The SMILES string of the molecule is C=CC[C@]1(c2ccc(F)cc2)CCN([C@H](CC)c2ccc(Br)cc2)C(=O)C1. The van der Waals surface area contributed by atoms with E-state index in [1.165, 1.54) is 12.1 Å². The van der Waals surface area contributed by atoms with Crippen molar-refractivity contribution >= 4 is 21.8 Å². The fourth-order valence-corrected chi connectivity index (χ4v) is 4.47. The molecule has 2 nitrogen and oxygen atoms in total. The van der Waals surface area contributed by atoms with Crippen LogP contribution in [0.1, 0.15) is 49.8 Å². The summed E-state index contributed by atoms with van der Waals surface area (Å²) in [4.78, 5) is 15.2. The van der Waals surface area contributed by atoms with Crippen LogP contribution in [0.5, 0.6) is 0 Å². The highest BCUT2D eigenvalue weighted by Gasteiger charge is 2.41. The van der Waals surface area contributed by atoms with Crippen LogP contribution in [0.15, 0.2) is 65.7 Å². The summed E-state index contributed by atoms with van der Waals surface area (Å²) in [5, 5.41) is 0. The third-order valence-electron chi connectivity index (χ3n) is 5.65. The fraction of sp³-hybridized carbons (Fsp3) is 0.348. The number of benzene rings is 2. The normalized spacial score (nSPS) is 21.1. The summed E-state index contributed by atoms with van der Waals surface area (Å²) in [6.07, 6.45) is 4.74. The van der Waals surface area contributed by atoms with Gasteiger partial charge in [-0.15, -0.1) is 6.58 Å². The second kappa shape index (κ2) is 8.39. The van der Waals surface area contributed by atoms with E-state index in [9.17, 15) is 9.18 Å². The Morgan fingerprint density at radius 1 is 1.22 bits per heavy atom. The topological polar surface area (TPSA) is 20.3 Å². The van der Waals surface area contributed by atoms with E-state index in [2.05, 4.69) is 41.6 Å². The van der Waals surface area contributed by atoms with Crippen molar-refractivity contribution < 1.29 is 9.18 Å². The second-order valence-corrected chi connectivity index (χ2v) is 8.19. The van der Waals surface area contributed by atoms with Gasteiger partial charge in [0.05, 0.1) is 6.04 Å². The van der Waals surface area contributed by atoms with Crippen molar-refractivity contribution in [3.63, 3.8) is 0 Å². The number of hydrogen-bond donors (Lipinski definition) is 0. The third kappa shape index (κ3) is 4.16. The van der Waals surface area contributed by atoms with Crippen LogP contribution in [-0.4, -0.2) is 17.4 Å². The fourth-order valence-electron chi connectivity index (χ4n) is 4.21. The van der Waals surface area contributed by atoms with Crippen molar-refractivity contribution in [2.45, 2.75) is 44.1 Å². The average Bonchev–Trinajstić information content (AvgIpc) is 2.66. The first-order valence-corrected chi connectivity index (χ1v) is 10.2. The maximum absolute atomic E-state index is 13.4. The Balaban J connectivity index is 1.86. The number of carbonyl (C=O) groups is 1. The largest absolute Gasteiger partial charge is 0.336 e. The van der Waals surface area contributed by atoms with Gasteiger partial charge >= 0.3 is 0 Å². The molecule has 1 saturated heterocycles. The van der Waals surface area contributed by atoms with Gasteiger partial charge < -0.3 is 4.90 Å². The lowest BCUT2D eigenvalue weighted by Crippen LogP contribution is -2.47. The van der Waals surface area contributed by atoms with E-state index in [-0.39, 0.29) is 23.2 Å². The molecule has 0 aliphatic carbocycles. The molecule has 0 aromatic heterocycles. The minimum atomic E-state index is -0.291. The van der Waals surface area contributed by atoms with Crippen LogP contribution in [0.2, 0.25) is 0 Å².